The number of carbonyl (C=O) groups is 2. The van der Waals surface area contributed by atoms with E-state index in [9.17, 15) is 9.59 Å². The van der Waals surface area contributed by atoms with Crippen LogP contribution < -0.4 is 0 Å². The van der Waals surface area contributed by atoms with Crippen molar-refractivity contribution in [1.29, 1.82) is 0 Å². The summed E-state index contributed by atoms with van der Waals surface area (Å²) in [6, 6.07) is 5.44. The van der Waals surface area contributed by atoms with Gasteiger partial charge in [-0.05, 0) is 25.0 Å². The first-order valence-electron chi connectivity index (χ1n) is 5.33. The van der Waals surface area contributed by atoms with Crippen molar-refractivity contribution >= 4 is 11.9 Å². The highest BCUT2D eigenvalue weighted by Crippen LogP contribution is 2.15. The van der Waals surface area contributed by atoms with Crippen LogP contribution in [0.4, 0.5) is 0 Å². The van der Waals surface area contributed by atoms with Gasteiger partial charge in [0.15, 0.2) is 0 Å². The lowest BCUT2D eigenvalue weighted by atomic mass is 10.0. The first kappa shape index (κ1) is 13.2. The Morgan fingerprint density at radius 3 is 2.47 bits per heavy atom. The predicted molar refractivity (Wildman–Crippen MR) is 62.9 cm³/mol. The van der Waals surface area contributed by atoms with E-state index in [-0.39, 0.29) is 18.4 Å². The number of benzene rings is 1. The number of hydrogen-bond donors (Lipinski definition) is 0. The zero-order valence-corrected chi connectivity index (χ0v) is 10.3. The Morgan fingerprint density at radius 1 is 1.18 bits per heavy atom. The molecule has 0 saturated carbocycles. The van der Waals surface area contributed by atoms with Crippen LogP contribution in [0.2, 0.25) is 0 Å². The molecule has 0 fully saturated rings. The van der Waals surface area contributed by atoms with Gasteiger partial charge in [0.2, 0.25) is 0 Å². The fraction of sp³-hybridized carbons (Fsp3) is 0.385. The number of methoxy groups -OCH3 is 2. The minimum Gasteiger partial charge on any atom is -0.469 e. The van der Waals surface area contributed by atoms with Gasteiger partial charge in [-0.3, -0.25) is 4.79 Å². The van der Waals surface area contributed by atoms with E-state index in [1.54, 1.807) is 6.07 Å². The van der Waals surface area contributed by atoms with Gasteiger partial charge in [-0.1, -0.05) is 17.7 Å². The Morgan fingerprint density at radius 2 is 1.88 bits per heavy atom. The molecule has 0 heterocycles. The number of carbonyl (C=O) groups excluding carboxylic acids is 2. The molecular formula is C13H16O4. The van der Waals surface area contributed by atoms with Crippen LogP contribution >= 0.6 is 0 Å². The van der Waals surface area contributed by atoms with Crippen molar-refractivity contribution in [3.05, 3.63) is 34.9 Å². The van der Waals surface area contributed by atoms with Gasteiger partial charge in [0.1, 0.15) is 0 Å². The van der Waals surface area contributed by atoms with Crippen molar-refractivity contribution in [2.24, 2.45) is 0 Å². The molecule has 0 aromatic heterocycles. The Hall–Kier alpha value is -1.84. The molecule has 0 saturated heterocycles. The molecule has 0 amide bonds. The molecule has 1 aromatic carbocycles. The molecule has 0 aliphatic rings. The lowest BCUT2D eigenvalue weighted by molar-refractivity contribution is -0.140. The van der Waals surface area contributed by atoms with Crippen LogP contribution in [0.5, 0.6) is 0 Å². The van der Waals surface area contributed by atoms with Crippen LogP contribution in [0.3, 0.4) is 0 Å². The Kier molecular flexibility index (Phi) is 4.69. The van der Waals surface area contributed by atoms with E-state index in [0.717, 1.165) is 11.1 Å². The summed E-state index contributed by atoms with van der Waals surface area (Å²) < 4.78 is 9.27. The zero-order chi connectivity index (χ0) is 12.8. The van der Waals surface area contributed by atoms with E-state index in [4.69, 9.17) is 4.74 Å². The lowest BCUT2D eigenvalue weighted by Crippen LogP contribution is -2.08. The van der Waals surface area contributed by atoms with Gasteiger partial charge in [0, 0.05) is 6.42 Å². The number of hydrogen-bond acceptors (Lipinski definition) is 4. The van der Waals surface area contributed by atoms with Crippen LogP contribution in [0.25, 0.3) is 0 Å². The summed E-state index contributed by atoms with van der Waals surface area (Å²) in [5.74, 6) is -0.674. The average molecular weight is 236 g/mol. The molecule has 0 bridgehead atoms. The third-order valence-corrected chi connectivity index (χ3v) is 2.49. The maximum atomic E-state index is 11.5. The number of aryl methyl sites for hydroxylation is 2. The summed E-state index contributed by atoms with van der Waals surface area (Å²) in [6.07, 6.45) is 0.725. The highest BCUT2D eigenvalue weighted by molar-refractivity contribution is 5.91. The first-order chi connectivity index (χ1) is 8.08. The van der Waals surface area contributed by atoms with E-state index in [0.29, 0.717) is 12.0 Å². The van der Waals surface area contributed by atoms with Crippen molar-refractivity contribution in [3.63, 3.8) is 0 Å². The van der Waals surface area contributed by atoms with Crippen molar-refractivity contribution < 1.29 is 19.1 Å². The minimum atomic E-state index is -0.384. The third kappa shape index (κ3) is 3.59. The summed E-state index contributed by atoms with van der Waals surface area (Å²) in [7, 11) is 2.69. The van der Waals surface area contributed by atoms with Gasteiger partial charge in [-0.15, -0.1) is 0 Å². The zero-order valence-electron chi connectivity index (χ0n) is 10.3. The number of rotatable bonds is 4. The summed E-state index contributed by atoms with van der Waals surface area (Å²) >= 11 is 0. The van der Waals surface area contributed by atoms with Gasteiger partial charge in [-0.2, -0.15) is 0 Å². The first-order valence-corrected chi connectivity index (χ1v) is 5.33. The molecule has 1 aromatic rings. The summed E-state index contributed by atoms with van der Waals surface area (Å²) in [6.45, 7) is 1.93. The second-order valence-corrected chi connectivity index (χ2v) is 3.73. The molecule has 4 heteroatoms. The van der Waals surface area contributed by atoms with Gasteiger partial charge in [-0.25, -0.2) is 4.79 Å². The highest BCUT2D eigenvalue weighted by atomic mass is 16.5. The van der Waals surface area contributed by atoms with Gasteiger partial charge >= 0.3 is 11.9 Å². The summed E-state index contributed by atoms with van der Waals surface area (Å²) in [5.41, 5.74) is 2.35. The summed E-state index contributed by atoms with van der Waals surface area (Å²) in [5, 5.41) is 0. The molecule has 0 radical (unpaired) electrons. The Labute approximate surface area is 101 Å². The monoisotopic (exact) mass is 236 g/mol. The second-order valence-electron chi connectivity index (χ2n) is 3.73. The lowest BCUT2D eigenvalue weighted by Gasteiger charge is -2.08. The third-order valence-electron chi connectivity index (χ3n) is 2.49. The minimum absolute atomic E-state index is 0.254. The molecule has 1 rings (SSSR count). The Bertz CT molecular complexity index is 423. The molecule has 17 heavy (non-hydrogen) atoms. The van der Waals surface area contributed by atoms with E-state index < -0.39 is 0 Å². The molecule has 0 atom stereocenters. The molecule has 0 aliphatic heterocycles. The van der Waals surface area contributed by atoms with Crippen LogP contribution in [0.15, 0.2) is 18.2 Å². The van der Waals surface area contributed by atoms with Gasteiger partial charge < -0.3 is 9.47 Å². The van der Waals surface area contributed by atoms with Crippen LogP contribution in [-0.2, 0) is 20.7 Å². The molecule has 92 valence electrons. The molecular weight excluding hydrogens is 220 g/mol. The maximum Gasteiger partial charge on any atom is 0.338 e. The SMILES string of the molecule is COC(=O)CCc1cc(C)ccc1C(=O)OC. The van der Waals surface area contributed by atoms with E-state index in [2.05, 4.69) is 4.74 Å². The summed E-state index contributed by atoms with van der Waals surface area (Å²) in [4.78, 5) is 22.6. The number of ether oxygens (including phenoxy) is 2. The van der Waals surface area contributed by atoms with Crippen molar-refractivity contribution in [2.75, 3.05) is 14.2 Å². The van der Waals surface area contributed by atoms with Crippen LogP contribution in [0.1, 0.15) is 27.9 Å². The maximum absolute atomic E-state index is 11.5. The molecule has 0 unspecified atom stereocenters. The van der Waals surface area contributed by atoms with Crippen LogP contribution in [-0.4, -0.2) is 26.2 Å². The van der Waals surface area contributed by atoms with E-state index in [1.807, 2.05) is 19.1 Å². The largest absolute Gasteiger partial charge is 0.469 e. The van der Waals surface area contributed by atoms with Crippen molar-refractivity contribution in [2.45, 2.75) is 19.8 Å². The number of esters is 2. The standard InChI is InChI=1S/C13H16O4/c1-9-4-6-11(13(15)17-3)10(8-9)5-7-12(14)16-2/h4,6,8H,5,7H2,1-3H3. The highest BCUT2D eigenvalue weighted by Gasteiger charge is 2.13. The topological polar surface area (TPSA) is 52.6 Å². The normalized spacial score (nSPS) is 9.82. The molecule has 0 N–H and O–H groups in total. The van der Waals surface area contributed by atoms with Crippen molar-refractivity contribution in [3.8, 4) is 0 Å². The predicted octanol–water partition coefficient (Wildman–Crippen LogP) is 1.89. The van der Waals surface area contributed by atoms with Gasteiger partial charge in [0.05, 0.1) is 19.8 Å². The van der Waals surface area contributed by atoms with Gasteiger partial charge in [0.25, 0.3) is 0 Å². The average Bonchev–Trinajstić information content (AvgIpc) is 2.35. The van der Waals surface area contributed by atoms with E-state index in [1.165, 1.54) is 14.2 Å². The fourth-order valence-corrected chi connectivity index (χ4v) is 1.58. The quantitative estimate of drug-likeness (QED) is 0.749. The smallest absolute Gasteiger partial charge is 0.338 e. The van der Waals surface area contributed by atoms with E-state index >= 15 is 0 Å². The molecule has 0 aliphatic carbocycles. The van der Waals surface area contributed by atoms with Crippen molar-refractivity contribution in [1.82, 2.24) is 0 Å². The molecule has 4 nitrogen and oxygen atoms in total. The second kappa shape index (κ2) is 6.03. The molecule has 0 spiro atoms. The Balaban J connectivity index is 2.91. The van der Waals surface area contributed by atoms with Crippen LogP contribution in [0, 0.1) is 6.92 Å². The fourth-order valence-electron chi connectivity index (χ4n) is 1.58.